The number of hydrogen-bond donors (Lipinski definition) is 2. The third-order valence-electron chi connectivity index (χ3n) is 7.07. The van der Waals surface area contributed by atoms with Gasteiger partial charge in [-0.2, -0.15) is 0 Å². The summed E-state index contributed by atoms with van der Waals surface area (Å²) in [5.41, 5.74) is 0.290. The molecule has 212 valence electrons. The van der Waals surface area contributed by atoms with Crippen molar-refractivity contribution in [3.63, 3.8) is 0 Å². The van der Waals surface area contributed by atoms with E-state index in [-0.39, 0.29) is 0 Å². The summed E-state index contributed by atoms with van der Waals surface area (Å²) in [5.74, 6) is -1.33. The molecule has 40 heavy (non-hydrogen) atoms. The van der Waals surface area contributed by atoms with Crippen molar-refractivity contribution in [2.24, 2.45) is 0 Å². The number of benzene rings is 3. The molecule has 0 aliphatic carbocycles. The molecule has 0 bridgehead atoms. The van der Waals surface area contributed by atoms with E-state index in [4.69, 9.17) is 18.6 Å². The fraction of sp³-hybridized carbons (Fsp3) is 0.355. The maximum Gasteiger partial charge on any atom is 0.338 e. The summed E-state index contributed by atoms with van der Waals surface area (Å²) >= 11 is 0. The molecular weight excluding hydrogens is 528 g/mol. The molecule has 1 aliphatic rings. The van der Waals surface area contributed by atoms with Crippen LogP contribution in [-0.4, -0.2) is 67.8 Å². The van der Waals surface area contributed by atoms with Crippen molar-refractivity contribution in [2.45, 2.75) is 63.4 Å². The molecular formula is C31H36O8Si. The molecule has 0 unspecified atom stereocenters. The summed E-state index contributed by atoms with van der Waals surface area (Å²) in [7, 11) is -3.30. The Morgan fingerprint density at radius 2 is 1.30 bits per heavy atom. The number of carbonyl (C=O) groups is 2. The maximum atomic E-state index is 13.3. The zero-order chi connectivity index (χ0) is 28.9. The minimum absolute atomic E-state index is 0.290. The van der Waals surface area contributed by atoms with Crippen LogP contribution in [0.3, 0.4) is 0 Å². The molecule has 0 radical (unpaired) electrons. The molecule has 0 aromatic heterocycles. The number of aliphatic hydroxyl groups excluding tert-OH is 2. The smallest absolute Gasteiger partial charge is 0.338 e. The average molecular weight is 565 g/mol. The highest BCUT2D eigenvalue weighted by atomic mass is 28.4. The summed E-state index contributed by atoms with van der Waals surface area (Å²) < 4.78 is 24.4. The van der Waals surface area contributed by atoms with Crippen LogP contribution >= 0.6 is 0 Å². The standard InChI is InChI=1S/C31H36O8Si/c1-21(33)36-28-27(26(25(20-32)37-30(28)35)38-29(34)22-14-8-5-9-15-22)39-40(31(2,3)4,23-16-10-6-11-17-23)24-18-12-7-13-19-24/h5-19,25-28,30,32,35H,20H2,1-4H3/t25-,26-,27+,28-,30+/m1/s1. The lowest BCUT2D eigenvalue weighted by molar-refractivity contribution is -0.286. The van der Waals surface area contributed by atoms with E-state index >= 15 is 0 Å². The highest BCUT2D eigenvalue weighted by molar-refractivity contribution is 6.99. The van der Waals surface area contributed by atoms with Gasteiger partial charge in [0.2, 0.25) is 0 Å². The number of carbonyl (C=O) groups excluding carboxylic acids is 2. The molecule has 3 aromatic carbocycles. The van der Waals surface area contributed by atoms with E-state index in [0.29, 0.717) is 5.56 Å². The van der Waals surface area contributed by atoms with E-state index in [9.17, 15) is 19.8 Å². The van der Waals surface area contributed by atoms with Crippen LogP contribution < -0.4 is 10.4 Å². The molecule has 1 aliphatic heterocycles. The SMILES string of the molecule is CC(=O)O[C@@H]1[C@@H](O[Si](c2ccccc2)(c2ccccc2)C(C)(C)C)[C@H](OC(=O)c2ccccc2)[C@@H](CO)O[C@@H]1O. The molecule has 4 rings (SSSR count). The Balaban J connectivity index is 1.90. The Kier molecular flexibility index (Phi) is 9.22. The number of esters is 2. The second kappa shape index (κ2) is 12.4. The molecule has 3 aromatic rings. The van der Waals surface area contributed by atoms with Gasteiger partial charge < -0.3 is 28.8 Å². The van der Waals surface area contributed by atoms with Crippen molar-refractivity contribution in [3.05, 3.63) is 96.6 Å². The first-order valence-corrected chi connectivity index (χ1v) is 15.2. The van der Waals surface area contributed by atoms with Crippen molar-refractivity contribution < 1.29 is 38.4 Å². The Hall–Kier alpha value is -3.34. The maximum absolute atomic E-state index is 13.3. The summed E-state index contributed by atoms with van der Waals surface area (Å²) in [6.07, 6.45) is -6.50. The summed E-state index contributed by atoms with van der Waals surface area (Å²) in [6.45, 7) is 6.87. The van der Waals surface area contributed by atoms with Crippen LogP contribution in [0.1, 0.15) is 38.1 Å². The van der Waals surface area contributed by atoms with E-state index in [1.165, 1.54) is 6.92 Å². The molecule has 5 atom stereocenters. The lowest BCUT2D eigenvalue weighted by Crippen LogP contribution is -2.72. The van der Waals surface area contributed by atoms with Gasteiger partial charge in [-0.15, -0.1) is 0 Å². The Labute approximate surface area is 235 Å². The van der Waals surface area contributed by atoms with Gasteiger partial charge in [0.1, 0.15) is 12.2 Å². The Morgan fingerprint density at radius 3 is 1.75 bits per heavy atom. The molecule has 0 saturated carbocycles. The molecule has 1 saturated heterocycles. The van der Waals surface area contributed by atoms with Gasteiger partial charge in [-0.3, -0.25) is 4.79 Å². The van der Waals surface area contributed by atoms with Crippen molar-refractivity contribution in [3.8, 4) is 0 Å². The van der Waals surface area contributed by atoms with E-state index in [0.717, 1.165) is 10.4 Å². The monoisotopic (exact) mass is 564 g/mol. The minimum Gasteiger partial charge on any atom is -0.454 e. The van der Waals surface area contributed by atoms with Crippen LogP contribution in [0.25, 0.3) is 0 Å². The first kappa shape index (κ1) is 29.6. The van der Waals surface area contributed by atoms with Gasteiger partial charge in [0.05, 0.1) is 12.2 Å². The number of hydrogen-bond acceptors (Lipinski definition) is 8. The van der Waals surface area contributed by atoms with E-state index in [2.05, 4.69) is 20.8 Å². The van der Waals surface area contributed by atoms with Gasteiger partial charge in [-0.25, -0.2) is 4.79 Å². The zero-order valence-corrected chi connectivity index (χ0v) is 24.1. The van der Waals surface area contributed by atoms with Gasteiger partial charge in [0, 0.05) is 6.92 Å². The third kappa shape index (κ3) is 6.03. The summed E-state index contributed by atoms with van der Waals surface area (Å²) in [4.78, 5) is 25.5. The fourth-order valence-electron chi connectivity index (χ4n) is 5.30. The topological polar surface area (TPSA) is 112 Å². The normalized spacial score (nSPS) is 23.3. The predicted molar refractivity (Wildman–Crippen MR) is 152 cm³/mol. The minimum atomic E-state index is -3.30. The Morgan fingerprint density at radius 1 is 0.800 bits per heavy atom. The van der Waals surface area contributed by atoms with Crippen LogP contribution in [0.4, 0.5) is 0 Å². The zero-order valence-electron chi connectivity index (χ0n) is 23.1. The molecule has 9 heteroatoms. The number of aliphatic hydroxyl groups is 2. The van der Waals surface area contributed by atoms with Crippen LogP contribution in [-0.2, 0) is 23.4 Å². The molecule has 8 nitrogen and oxygen atoms in total. The largest absolute Gasteiger partial charge is 0.454 e. The van der Waals surface area contributed by atoms with E-state index in [1.807, 2.05) is 60.7 Å². The van der Waals surface area contributed by atoms with Crippen molar-refractivity contribution in [2.75, 3.05) is 6.61 Å². The van der Waals surface area contributed by atoms with Gasteiger partial charge >= 0.3 is 11.9 Å². The van der Waals surface area contributed by atoms with Gasteiger partial charge in [-0.05, 0) is 27.5 Å². The lowest BCUT2D eigenvalue weighted by atomic mass is 9.98. The van der Waals surface area contributed by atoms with Crippen molar-refractivity contribution >= 4 is 30.6 Å². The first-order valence-electron chi connectivity index (χ1n) is 13.2. The molecule has 1 fully saturated rings. The summed E-state index contributed by atoms with van der Waals surface area (Å²) in [6, 6.07) is 28.0. The van der Waals surface area contributed by atoms with Crippen molar-refractivity contribution in [1.82, 2.24) is 0 Å². The van der Waals surface area contributed by atoms with Gasteiger partial charge in [-0.1, -0.05) is 99.6 Å². The molecule has 0 spiro atoms. The van der Waals surface area contributed by atoms with Crippen molar-refractivity contribution in [1.29, 1.82) is 0 Å². The molecule has 0 amide bonds. The quantitative estimate of drug-likeness (QED) is 0.318. The van der Waals surface area contributed by atoms with Crippen LogP contribution in [0.2, 0.25) is 5.04 Å². The first-order chi connectivity index (χ1) is 19.1. The Bertz CT molecular complexity index is 1220. The number of rotatable bonds is 8. The van der Waals surface area contributed by atoms with E-state index in [1.54, 1.807) is 30.3 Å². The predicted octanol–water partition coefficient (Wildman–Crippen LogP) is 2.80. The van der Waals surface area contributed by atoms with Gasteiger partial charge in [0.25, 0.3) is 8.32 Å². The summed E-state index contributed by atoms with van der Waals surface area (Å²) in [5, 5.41) is 22.6. The fourth-order valence-corrected chi connectivity index (χ4v) is 9.99. The van der Waals surface area contributed by atoms with E-state index < -0.39 is 62.6 Å². The average Bonchev–Trinajstić information content (AvgIpc) is 2.94. The second-order valence-electron chi connectivity index (χ2n) is 10.8. The highest BCUT2D eigenvalue weighted by Crippen LogP contribution is 2.40. The highest BCUT2D eigenvalue weighted by Gasteiger charge is 2.58. The second-order valence-corrected chi connectivity index (χ2v) is 15.1. The van der Waals surface area contributed by atoms with Crippen LogP contribution in [0.15, 0.2) is 91.0 Å². The third-order valence-corrected chi connectivity index (χ3v) is 12.1. The number of ether oxygens (including phenoxy) is 3. The molecule has 1 heterocycles. The van der Waals surface area contributed by atoms with Crippen LogP contribution in [0.5, 0.6) is 0 Å². The van der Waals surface area contributed by atoms with Gasteiger partial charge in [0.15, 0.2) is 18.5 Å². The van der Waals surface area contributed by atoms with Crippen LogP contribution in [0, 0.1) is 0 Å². The molecule has 2 N–H and O–H groups in total. The lowest BCUT2D eigenvalue weighted by Gasteiger charge is -2.50.